The fourth-order valence-electron chi connectivity index (χ4n) is 1.56. The molecule has 4 heteroatoms. The van der Waals surface area contributed by atoms with Crippen LogP contribution in [0.3, 0.4) is 0 Å². The molecule has 2 aromatic rings. The minimum Gasteiger partial charge on any atom is -0.497 e. The fraction of sp³-hybridized carbons (Fsp3) is 0.143. The maximum atomic E-state index is 5.76. The highest BCUT2D eigenvalue weighted by Crippen LogP contribution is 2.33. The van der Waals surface area contributed by atoms with Crippen molar-refractivity contribution in [3.63, 3.8) is 0 Å². The van der Waals surface area contributed by atoms with E-state index >= 15 is 0 Å². The highest BCUT2D eigenvalue weighted by atomic mass is 79.9. The van der Waals surface area contributed by atoms with Gasteiger partial charge in [-0.1, -0.05) is 33.8 Å². The number of benzene rings is 2. The molecule has 0 aliphatic carbocycles. The van der Waals surface area contributed by atoms with Crippen molar-refractivity contribution >= 4 is 27.7 Å². The second-order valence-electron chi connectivity index (χ2n) is 3.73. The molecular formula is C14H14BrNOS. The SMILES string of the molecule is COc1ccc(CN)c(Sc2ccc(Br)cc2)c1. The van der Waals surface area contributed by atoms with E-state index in [0.717, 1.165) is 20.7 Å². The number of methoxy groups -OCH3 is 1. The number of hydrogen-bond acceptors (Lipinski definition) is 3. The van der Waals surface area contributed by atoms with Crippen molar-refractivity contribution in [1.82, 2.24) is 0 Å². The van der Waals surface area contributed by atoms with Crippen molar-refractivity contribution < 1.29 is 4.74 Å². The minimum absolute atomic E-state index is 0.531. The third-order valence-electron chi connectivity index (χ3n) is 2.54. The molecule has 0 aliphatic heterocycles. The summed E-state index contributed by atoms with van der Waals surface area (Å²) in [6.45, 7) is 0.531. The van der Waals surface area contributed by atoms with Crippen LogP contribution >= 0.6 is 27.7 Å². The van der Waals surface area contributed by atoms with Gasteiger partial charge in [-0.2, -0.15) is 0 Å². The monoisotopic (exact) mass is 323 g/mol. The molecule has 0 aromatic heterocycles. The first kappa shape index (κ1) is 13.5. The standard InChI is InChI=1S/C14H14BrNOS/c1-17-12-5-2-10(9-16)14(8-12)18-13-6-3-11(15)4-7-13/h2-8H,9,16H2,1H3. The molecule has 0 aliphatic rings. The summed E-state index contributed by atoms with van der Waals surface area (Å²) in [6, 6.07) is 14.2. The normalized spacial score (nSPS) is 10.4. The lowest BCUT2D eigenvalue weighted by Gasteiger charge is -2.09. The molecule has 2 N–H and O–H groups in total. The van der Waals surface area contributed by atoms with Crippen LogP contribution in [0.4, 0.5) is 0 Å². The number of ether oxygens (including phenoxy) is 1. The van der Waals surface area contributed by atoms with Crippen LogP contribution in [0.2, 0.25) is 0 Å². The van der Waals surface area contributed by atoms with Crippen LogP contribution in [-0.4, -0.2) is 7.11 Å². The van der Waals surface area contributed by atoms with Gasteiger partial charge < -0.3 is 10.5 Å². The lowest BCUT2D eigenvalue weighted by Crippen LogP contribution is -1.98. The molecule has 0 fully saturated rings. The van der Waals surface area contributed by atoms with E-state index < -0.39 is 0 Å². The van der Waals surface area contributed by atoms with Crippen LogP contribution < -0.4 is 10.5 Å². The largest absolute Gasteiger partial charge is 0.497 e. The molecule has 0 radical (unpaired) electrons. The number of nitrogens with two attached hydrogens (primary N) is 1. The maximum absolute atomic E-state index is 5.76. The fourth-order valence-corrected chi connectivity index (χ4v) is 2.80. The predicted molar refractivity (Wildman–Crippen MR) is 79.2 cm³/mol. The minimum atomic E-state index is 0.531. The van der Waals surface area contributed by atoms with Gasteiger partial charge in [-0.05, 0) is 42.0 Å². The predicted octanol–water partition coefficient (Wildman–Crippen LogP) is 4.07. The van der Waals surface area contributed by atoms with Gasteiger partial charge in [-0.3, -0.25) is 0 Å². The molecule has 2 nitrogen and oxygen atoms in total. The van der Waals surface area contributed by atoms with E-state index in [1.165, 1.54) is 4.90 Å². The first-order valence-electron chi connectivity index (χ1n) is 5.53. The Morgan fingerprint density at radius 2 is 1.89 bits per heavy atom. The summed E-state index contributed by atoms with van der Waals surface area (Å²) in [5.74, 6) is 0.854. The number of rotatable bonds is 4. The van der Waals surface area contributed by atoms with Crippen LogP contribution in [0.1, 0.15) is 5.56 Å². The first-order valence-corrected chi connectivity index (χ1v) is 7.14. The average Bonchev–Trinajstić information content (AvgIpc) is 2.41. The zero-order valence-electron chi connectivity index (χ0n) is 10.0. The van der Waals surface area contributed by atoms with Gasteiger partial charge in [0, 0.05) is 20.8 Å². The molecular weight excluding hydrogens is 310 g/mol. The molecule has 0 amide bonds. The highest BCUT2D eigenvalue weighted by molar-refractivity contribution is 9.10. The van der Waals surface area contributed by atoms with Crippen LogP contribution in [0.5, 0.6) is 5.75 Å². The van der Waals surface area contributed by atoms with Crippen molar-refractivity contribution in [2.45, 2.75) is 16.3 Å². The van der Waals surface area contributed by atoms with E-state index in [-0.39, 0.29) is 0 Å². The van der Waals surface area contributed by atoms with E-state index in [1.807, 2.05) is 30.3 Å². The van der Waals surface area contributed by atoms with Gasteiger partial charge in [0.25, 0.3) is 0 Å². The highest BCUT2D eigenvalue weighted by Gasteiger charge is 2.05. The van der Waals surface area contributed by atoms with E-state index in [2.05, 4.69) is 28.1 Å². The molecule has 94 valence electrons. The summed E-state index contributed by atoms with van der Waals surface area (Å²) >= 11 is 5.13. The first-order chi connectivity index (χ1) is 8.72. The van der Waals surface area contributed by atoms with Crippen LogP contribution in [-0.2, 0) is 6.54 Å². The van der Waals surface area contributed by atoms with Crippen LogP contribution in [0, 0.1) is 0 Å². The van der Waals surface area contributed by atoms with E-state index in [9.17, 15) is 0 Å². The summed E-state index contributed by atoms with van der Waals surface area (Å²) < 4.78 is 6.33. The Morgan fingerprint density at radius 1 is 1.17 bits per heavy atom. The Balaban J connectivity index is 2.29. The molecule has 2 rings (SSSR count). The lowest BCUT2D eigenvalue weighted by molar-refractivity contribution is 0.413. The summed E-state index contributed by atoms with van der Waals surface area (Å²) in [7, 11) is 1.67. The molecule has 0 saturated heterocycles. The number of hydrogen-bond donors (Lipinski definition) is 1. The van der Waals surface area contributed by atoms with Crippen molar-refractivity contribution in [2.24, 2.45) is 5.73 Å². The smallest absolute Gasteiger partial charge is 0.120 e. The molecule has 0 heterocycles. The average molecular weight is 324 g/mol. The quantitative estimate of drug-likeness (QED) is 0.921. The van der Waals surface area contributed by atoms with Gasteiger partial charge in [0.2, 0.25) is 0 Å². The van der Waals surface area contributed by atoms with Gasteiger partial charge >= 0.3 is 0 Å². The van der Waals surface area contributed by atoms with Crippen LogP contribution in [0.25, 0.3) is 0 Å². The Morgan fingerprint density at radius 3 is 2.50 bits per heavy atom. The molecule has 0 bridgehead atoms. The van der Waals surface area contributed by atoms with E-state index in [1.54, 1.807) is 18.9 Å². The molecule has 0 saturated carbocycles. The van der Waals surface area contributed by atoms with Gasteiger partial charge in [-0.15, -0.1) is 0 Å². The van der Waals surface area contributed by atoms with E-state index in [0.29, 0.717) is 6.54 Å². The Kier molecular flexibility index (Phi) is 4.69. The molecule has 0 spiro atoms. The second kappa shape index (κ2) is 6.27. The maximum Gasteiger partial charge on any atom is 0.120 e. The van der Waals surface area contributed by atoms with Crippen molar-refractivity contribution in [2.75, 3.05) is 7.11 Å². The molecule has 0 unspecified atom stereocenters. The van der Waals surface area contributed by atoms with Crippen molar-refractivity contribution in [1.29, 1.82) is 0 Å². The Labute approximate surface area is 120 Å². The van der Waals surface area contributed by atoms with Gasteiger partial charge in [0.1, 0.15) is 5.75 Å². The summed E-state index contributed by atoms with van der Waals surface area (Å²) in [4.78, 5) is 2.32. The second-order valence-corrected chi connectivity index (χ2v) is 5.76. The molecule has 0 atom stereocenters. The Bertz CT molecular complexity index is 528. The summed E-state index contributed by atoms with van der Waals surface area (Å²) in [6.07, 6.45) is 0. The third kappa shape index (κ3) is 3.28. The zero-order valence-corrected chi connectivity index (χ0v) is 12.4. The van der Waals surface area contributed by atoms with Crippen LogP contribution in [0.15, 0.2) is 56.7 Å². The summed E-state index contributed by atoms with van der Waals surface area (Å²) in [5, 5.41) is 0. The van der Waals surface area contributed by atoms with Gasteiger partial charge in [-0.25, -0.2) is 0 Å². The number of halogens is 1. The van der Waals surface area contributed by atoms with Crippen molar-refractivity contribution in [3.05, 3.63) is 52.5 Å². The zero-order chi connectivity index (χ0) is 13.0. The topological polar surface area (TPSA) is 35.2 Å². The van der Waals surface area contributed by atoms with Gasteiger partial charge in [0.15, 0.2) is 0 Å². The Hall–Kier alpha value is -0.970. The van der Waals surface area contributed by atoms with Crippen molar-refractivity contribution in [3.8, 4) is 5.75 Å². The summed E-state index contributed by atoms with van der Waals surface area (Å²) in [5.41, 5.74) is 6.89. The van der Waals surface area contributed by atoms with Gasteiger partial charge in [0.05, 0.1) is 7.11 Å². The third-order valence-corrected chi connectivity index (χ3v) is 4.17. The van der Waals surface area contributed by atoms with E-state index in [4.69, 9.17) is 10.5 Å². The molecule has 2 aromatic carbocycles. The lowest BCUT2D eigenvalue weighted by atomic mass is 10.2. The molecule has 18 heavy (non-hydrogen) atoms.